The molecule has 0 aliphatic carbocycles. The first-order chi connectivity index (χ1) is 18.3. The maximum absolute atomic E-state index is 13.7. The number of aromatic nitrogens is 1. The van der Waals surface area contributed by atoms with Crippen LogP contribution in [0.5, 0.6) is 0 Å². The second-order valence-electron chi connectivity index (χ2n) is 14.2. The van der Waals surface area contributed by atoms with E-state index in [1.165, 1.54) is 10.9 Å². The standard InChI is InChI=1S/C33H50N2O3Si/c1-11-23-18-34-29-17-26-24-14-12-13-15-28(24)35(32(36)38-33(8,9)10)31(26)30(34)16-25(23)27(29)19-37-39(20(2)3,21(4)5)22(6)7/h11-15,20-22,25,27,29-30H,16-19H2,1-10H3/b23-11-/t25-,27+,29-,30-/m0/s1. The lowest BCUT2D eigenvalue weighted by Crippen LogP contribution is -2.62. The van der Waals surface area contributed by atoms with Crippen LogP contribution < -0.4 is 0 Å². The summed E-state index contributed by atoms with van der Waals surface area (Å²) < 4.78 is 15.1. The van der Waals surface area contributed by atoms with E-state index in [1.54, 1.807) is 5.57 Å². The van der Waals surface area contributed by atoms with E-state index in [0.29, 0.717) is 34.5 Å². The number of hydrogen-bond acceptors (Lipinski definition) is 4. The molecule has 214 valence electrons. The smallest absolute Gasteiger partial charge is 0.419 e. The second kappa shape index (κ2) is 10.2. The fraction of sp³-hybridized carbons (Fsp3) is 0.667. The molecule has 4 bridgehead atoms. The minimum atomic E-state index is -1.96. The maximum Gasteiger partial charge on any atom is 0.419 e. The third-order valence-corrected chi connectivity index (χ3v) is 16.2. The summed E-state index contributed by atoms with van der Waals surface area (Å²) in [5, 5.41) is 1.20. The van der Waals surface area contributed by atoms with Gasteiger partial charge in [-0.25, -0.2) is 9.36 Å². The van der Waals surface area contributed by atoms with Crippen LogP contribution in [0.4, 0.5) is 4.79 Å². The summed E-state index contributed by atoms with van der Waals surface area (Å²) in [6.07, 6.45) is 4.09. The highest BCUT2D eigenvalue weighted by molar-refractivity contribution is 6.77. The van der Waals surface area contributed by atoms with Crippen molar-refractivity contribution >= 4 is 25.3 Å². The molecule has 0 amide bonds. The minimum Gasteiger partial charge on any atom is -0.443 e. The van der Waals surface area contributed by atoms with Crippen LogP contribution in [0.1, 0.15) is 93.0 Å². The van der Waals surface area contributed by atoms with Crippen LogP contribution >= 0.6 is 0 Å². The van der Waals surface area contributed by atoms with E-state index < -0.39 is 13.9 Å². The summed E-state index contributed by atoms with van der Waals surface area (Å²) in [5.74, 6) is 0.965. The number of allylic oxidation sites excluding steroid dienone is 1. The molecule has 4 aliphatic rings. The van der Waals surface area contributed by atoms with Crippen LogP contribution in [-0.2, 0) is 15.6 Å². The molecule has 0 N–H and O–H groups in total. The maximum atomic E-state index is 13.7. The quantitative estimate of drug-likeness (QED) is 0.267. The van der Waals surface area contributed by atoms with E-state index in [4.69, 9.17) is 9.16 Å². The zero-order valence-corrected chi connectivity index (χ0v) is 26.9. The number of ether oxygens (including phenoxy) is 1. The number of carbonyl (C=O) groups excluding carboxylic acids is 1. The number of carbonyl (C=O) groups is 1. The highest BCUT2D eigenvalue weighted by atomic mass is 28.4. The zero-order valence-electron chi connectivity index (χ0n) is 25.9. The minimum absolute atomic E-state index is 0.228. The molecule has 1 aromatic carbocycles. The van der Waals surface area contributed by atoms with Crippen molar-refractivity contribution < 1.29 is 14.0 Å². The topological polar surface area (TPSA) is 43.7 Å². The Morgan fingerprint density at radius 3 is 2.31 bits per heavy atom. The molecule has 1 unspecified atom stereocenters. The van der Waals surface area contributed by atoms with Gasteiger partial charge in [0.2, 0.25) is 0 Å². The van der Waals surface area contributed by atoms with Gasteiger partial charge in [0, 0.05) is 30.5 Å². The Bertz CT molecular complexity index is 1250. The predicted octanol–water partition coefficient (Wildman–Crippen LogP) is 8.48. The van der Waals surface area contributed by atoms with Crippen molar-refractivity contribution in [2.45, 2.75) is 116 Å². The highest BCUT2D eigenvalue weighted by Crippen LogP contribution is 2.55. The van der Waals surface area contributed by atoms with Gasteiger partial charge in [-0.1, -0.05) is 71.4 Å². The molecule has 3 fully saturated rings. The van der Waals surface area contributed by atoms with Gasteiger partial charge in [0.25, 0.3) is 0 Å². The lowest BCUT2D eigenvalue weighted by Gasteiger charge is -2.59. The van der Waals surface area contributed by atoms with Gasteiger partial charge < -0.3 is 9.16 Å². The Morgan fingerprint density at radius 2 is 1.72 bits per heavy atom. The number of fused-ring (bicyclic) bond motifs is 4. The predicted molar refractivity (Wildman–Crippen MR) is 163 cm³/mol. The van der Waals surface area contributed by atoms with E-state index in [1.807, 2.05) is 31.4 Å². The number of para-hydroxylation sites is 1. The molecule has 5 atom stereocenters. The van der Waals surface area contributed by atoms with Crippen LogP contribution in [0.15, 0.2) is 35.9 Å². The van der Waals surface area contributed by atoms with Gasteiger partial charge >= 0.3 is 6.09 Å². The lowest BCUT2D eigenvalue weighted by molar-refractivity contribution is -0.0502. The summed E-state index contributed by atoms with van der Waals surface area (Å²) in [7, 11) is -1.96. The van der Waals surface area contributed by atoms with Crippen LogP contribution in [0, 0.1) is 11.8 Å². The van der Waals surface area contributed by atoms with Gasteiger partial charge in [0.1, 0.15) is 5.60 Å². The first-order valence-electron chi connectivity index (χ1n) is 15.2. The first kappa shape index (κ1) is 28.6. The molecular formula is C33H50N2O3Si. The van der Waals surface area contributed by atoms with Crippen molar-refractivity contribution in [3.05, 3.63) is 47.2 Å². The highest BCUT2D eigenvalue weighted by Gasteiger charge is 2.55. The van der Waals surface area contributed by atoms with Crippen molar-refractivity contribution in [1.29, 1.82) is 0 Å². The van der Waals surface area contributed by atoms with E-state index in [0.717, 1.165) is 37.2 Å². The van der Waals surface area contributed by atoms with E-state index in [9.17, 15) is 4.79 Å². The Kier molecular flexibility index (Phi) is 7.48. The summed E-state index contributed by atoms with van der Waals surface area (Å²) in [6, 6.07) is 9.08. The molecule has 1 aromatic heterocycles. The average Bonchev–Trinajstić information content (AvgIpc) is 3.18. The van der Waals surface area contributed by atoms with E-state index >= 15 is 0 Å². The summed E-state index contributed by atoms with van der Waals surface area (Å²) in [5.41, 5.74) is 6.23. The van der Waals surface area contributed by atoms with Gasteiger partial charge in [-0.3, -0.25) is 4.90 Å². The molecule has 6 rings (SSSR count). The Labute approximate surface area is 237 Å². The molecular weight excluding hydrogens is 500 g/mol. The fourth-order valence-corrected chi connectivity index (χ4v) is 14.2. The van der Waals surface area contributed by atoms with Crippen molar-refractivity contribution in [2.24, 2.45) is 11.8 Å². The zero-order chi connectivity index (χ0) is 28.4. The van der Waals surface area contributed by atoms with Crippen molar-refractivity contribution in [2.75, 3.05) is 13.2 Å². The molecule has 5 nitrogen and oxygen atoms in total. The largest absolute Gasteiger partial charge is 0.443 e. The van der Waals surface area contributed by atoms with Gasteiger partial charge in [-0.2, -0.15) is 0 Å². The third-order valence-electron chi connectivity index (χ3n) is 10.1. The molecule has 3 saturated heterocycles. The molecule has 0 spiro atoms. The van der Waals surface area contributed by atoms with Gasteiger partial charge in [0.05, 0.1) is 17.3 Å². The Hall–Kier alpha value is -1.89. The molecule has 0 radical (unpaired) electrons. The summed E-state index contributed by atoms with van der Waals surface area (Å²) in [4.78, 5) is 16.4. The first-order valence-corrected chi connectivity index (χ1v) is 17.4. The van der Waals surface area contributed by atoms with E-state index in [2.05, 4.69) is 77.6 Å². The second-order valence-corrected chi connectivity index (χ2v) is 19.6. The lowest BCUT2D eigenvalue weighted by atomic mass is 9.64. The van der Waals surface area contributed by atoms with E-state index in [-0.39, 0.29) is 12.1 Å². The molecule has 5 heterocycles. The fourth-order valence-electron chi connectivity index (χ4n) is 8.69. The summed E-state index contributed by atoms with van der Waals surface area (Å²) >= 11 is 0. The number of piperidine rings is 3. The van der Waals surface area contributed by atoms with Gasteiger partial charge in [0.15, 0.2) is 8.32 Å². The third kappa shape index (κ3) is 4.55. The molecule has 6 heteroatoms. The molecule has 0 saturated carbocycles. The van der Waals surface area contributed by atoms with Crippen LogP contribution in [-0.4, -0.2) is 48.7 Å². The van der Waals surface area contributed by atoms with Crippen LogP contribution in [0.2, 0.25) is 16.6 Å². The van der Waals surface area contributed by atoms with Gasteiger partial charge in [-0.05, 0) is 74.7 Å². The number of rotatable bonds is 6. The average molecular weight is 551 g/mol. The number of hydrogen-bond donors (Lipinski definition) is 0. The van der Waals surface area contributed by atoms with Gasteiger partial charge in [-0.15, -0.1) is 0 Å². The SMILES string of the molecule is C/C=C1/CN2[C@H]3C[C@@H]1[C@@H](CO[Si](C(C)C)(C(C)C)C(C)C)[C@@H]2Cc1c3n(C(=O)OC(C)(C)C)c2ccccc12. The Morgan fingerprint density at radius 1 is 1.08 bits per heavy atom. The monoisotopic (exact) mass is 550 g/mol. The summed E-state index contributed by atoms with van der Waals surface area (Å²) in [6.45, 7) is 24.2. The van der Waals surface area contributed by atoms with Crippen molar-refractivity contribution in [1.82, 2.24) is 9.47 Å². The van der Waals surface area contributed by atoms with Crippen molar-refractivity contribution in [3.8, 4) is 0 Å². The molecule has 4 aliphatic heterocycles. The normalized spacial score (nSPS) is 27.7. The van der Waals surface area contributed by atoms with Crippen LogP contribution in [0.3, 0.4) is 0 Å². The van der Waals surface area contributed by atoms with Crippen LogP contribution in [0.25, 0.3) is 10.9 Å². The Balaban J connectivity index is 1.57. The number of benzene rings is 1. The number of nitrogens with zero attached hydrogens (tertiary/aromatic N) is 2. The molecule has 39 heavy (non-hydrogen) atoms. The van der Waals surface area contributed by atoms with Crippen molar-refractivity contribution in [3.63, 3.8) is 0 Å². The molecule has 2 aromatic rings.